The van der Waals surface area contributed by atoms with E-state index in [0.29, 0.717) is 44.0 Å². The highest BCUT2D eigenvalue weighted by Gasteiger charge is 2.39. The number of esters is 1. The molecule has 1 atom stereocenters. The Bertz CT molecular complexity index is 945. The van der Waals surface area contributed by atoms with Gasteiger partial charge in [-0.1, -0.05) is 26.8 Å². The molecular weight excluding hydrogens is 420 g/mol. The molecule has 2 aliphatic heterocycles. The van der Waals surface area contributed by atoms with Gasteiger partial charge < -0.3 is 14.4 Å². The van der Waals surface area contributed by atoms with Gasteiger partial charge in [-0.05, 0) is 42.9 Å². The molecule has 1 amide bonds. The number of benzene rings is 1. The maximum atomic E-state index is 13.1. The SMILES string of the molecule is CCOC(=O)C1CCN(C(=O)C2CN(S(C)(=O)=O)c3cc(C(C)(C)C)ccc3O2)CC1. The van der Waals surface area contributed by atoms with Gasteiger partial charge in [-0.25, -0.2) is 8.42 Å². The highest BCUT2D eigenvalue weighted by molar-refractivity contribution is 7.92. The number of rotatable bonds is 4. The van der Waals surface area contributed by atoms with Crippen LogP contribution in [0.3, 0.4) is 0 Å². The lowest BCUT2D eigenvalue weighted by molar-refractivity contribution is -0.152. The summed E-state index contributed by atoms with van der Waals surface area (Å²) in [7, 11) is -3.60. The largest absolute Gasteiger partial charge is 0.476 e. The summed E-state index contributed by atoms with van der Waals surface area (Å²) in [4.78, 5) is 26.7. The van der Waals surface area contributed by atoms with E-state index in [4.69, 9.17) is 9.47 Å². The Morgan fingerprint density at radius 1 is 1.19 bits per heavy atom. The molecule has 2 heterocycles. The first-order valence-corrected chi connectivity index (χ1v) is 12.5. The van der Waals surface area contributed by atoms with Crippen molar-refractivity contribution in [2.45, 2.75) is 52.1 Å². The summed E-state index contributed by atoms with van der Waals surface area (Å²) in [6, 6.07) is 5.46. The standard InChI is InChI=1S/C22H32N2O6S/c1-6-29-21(26)15-9-11-23(12-10-15)20(25)19-14-24(31(5,27)28)17-13-16(22(2,3)4)7-8-18(17)30-19/h7-8,13,15,19H,6,9-12,14H2,1-5H3. The van der Waals surface area contributed by atoms with E-state index in [1.54, 1.807) is 17.9 Å². The fourth-order valence-corrected chi connectivity index (χ4v) is 4.87. The molecule has 1 unspecified atom stereocenters. The second-order valence-corrected chi connectivity index (χ2v) is 11.1. The third kappa shape index (κ3) is 5.14. The van der Waals surface area contributed by atoms with E-state index < -0.39 is 16.1 Å². The topological polar surface area (TPSA) is 93.2 Å². The van der Waals surface area contributed by atoms with Gasteiger partial charge in [-0.15, -0.1) is 0 Å². The van der Waals surface area contributed by atoms with Gasteiger partial charge in [0.05, 0.1) is 31.0 Å². The fourth-order valence-electron chi connectivity index (χ4n) is 3.96. The number of fused-ring (bicyclic) bond motifs is 1. The van der Waals surface area contributed by atoms with Crippen LogP contribution in [-0.2, 0) is 29.8 Å². The number of sulfonamides is 1. The third-order valence-electron chi connectivity index (χ3n) is 5.80. The number of hydrogen-bond acceptors (Lipinski definition) is 6. The normalized spacial score (nSPS) is 20.1. The number of nitrogens with zero attached hydrogens (tertiary/aromatic N) is 2. The molecule has 0 bridgehead atoms. The van der Waals surface area contributed by atoms with Crippen molar-refractivity contribution in [3.8, 4) is 5.75 Å². The van der Waals surface area contributed by atoms with Crippen molar-refractivity contribution in [3.05, 3.63) is 23.8 Å². The van der Waals surface area contributed by atoms with Gasteiger partial charge in [0.1, 0.15) is 5.75 Å². The minimum absolute atomic E-state index is 0.0733. The number of piperidine rings is 1. The number of amides is 1. The molecular formula is C22H32N2O6S. The first kappa shape index (κ1) is 23.4. The summed E-state index contributed by atoms with van der Waals surface area (Å²) in [6.45, 7) is 9.02. The summed E-state index contributed by atoms with van der Waals surface area (Å²) in [5.74, 6) is -0.318. The van der Waals surface area contributed by atoms with Gasteiger partial charge in [-0.3, -0.25) is 13.9 Å². The Kier molecular flexibility index (Phi) is 6.55. The minimum atomic E-state index is -3.60. The quantitative estimate of drug-likeness (QED) is 0.651. The van der Waals surface area contributed by atoms with Gasteiger partial charge in [0.25, 0.3) is 5.91 Å². The van der Waals surface area contributed by atoms with E-state index >= 15 is 0 Å². The van der Waals surface area contributed by atoms with Crippen LogP contribution >= 0.6 is 0 Å². The second-order valence-electron chi connectivity index (χ2n) is 9.18. The predicted octanol–water partition coefficient (Wildman–Crippen LogP) is 2.31. The highest BCUT2D eigenvalue weighted by atomic mass is 32.2. The molecule has 0 radical (unpaired) electrons. The lowest BCUT2D eigenvalue weighted by Gasteiger charge is -2.38. The van der Waals surface area contributed by atoms with Crippen molar-refractivity contribution < 1.29 is 27.5 Å². The predicted molar refractivity (Wildman–Crippen MR) is 118 cm³/mol. The summed E-state index contributed by atoms with van der Waals surface area (Å²) < 4.78 is 37.4. The summed E-state index contributed by atoms with van der Waals surface area (Å²) in [5.41, 5.74) is 1.28. The molecule has 0 saturated carbocycles. The zero-order valence-electron chi connectivity index (χ0n) is 18.9. The molecule has 3 rings (SSSR count). The van der Waals surface area contributed by atoms with Crippen molar-refractivity contribution in [1.82, 2.24) is 4.90 Å². The summed E-state index contributed by atoms with van der Waals surface area (Å²) in [5, 5.41) is 0. The minimum Gasteiger partial charge on any atom is -0.476 e. The van der Waals surface area contributed by atoms with Crippen molar-refractivity contribution in [2.24, 2.45) is 5.92 Å². The summed E-state index contributed by atoms with van der Waals surface area (Å²) >= 11 is 0. The molecule has 31 heavy (non-hydrogen) atoms. The van der Waals surface area contributed by atoms with Crippen LogP contribution in [0.1, 0.15) is 46.1 Å². The molecule has 1 saturated heterocycles. The Morgan fingerprint density at radius 3 is 2.39 bits per heavy atom. The lowest BCUT2D eigenvalue weighted by atomic mass is 9.86. The molecule has 1 aromatic carbocycles. The van der Waals surface area contributed by atoms with Gasteiger partial charge in [0.15, 0.2) is 6.10 Å². The van der Waals surface area contributed by atoms with E-state index in [1.807, 2.05) is 12.1 Å². The van der Waals surface area contributed by atoms with Crippen LogP contribution in [0, 0.1) is 5.92 Å². The molecule has 1 aromatic rings. The molecule has 9 heteroatoms. The van der Waals surface area contributed by atoms with Crippen LogP contribution in [0.4, 0.5) is 5.69 Å². The van der Waals surface area contributed by atoms with Crippen molar-refractivity contribution >= 4 is 27.6 Å². The van der Waals surface area contributed by atoms with Gasteiger partial charge >= 0.3 is 5.97 Å². The second kappa shape index (κ2) is 8.68. The first-order valence-electron chi connectivity index (χ1n) is 10.7. The molecule has 1 fully saturated rings. The Morgan fingerprint density at radius 2 is 1.84 bits per heavy atom. The zero-order valence-corrected chi connectivity index (χ0v) is 19.7. The van der Waals surface area contributed by atoms with Gasteiger partial charge in [0, 0.05) is 13.1 Å². The first-order chi connectivity index (χ1) is 14.4. The fraction of sp³-hybridized carbons (Fsp3) is 0.636. The lowest BCUT2D eigenvalue weighted by Crippen LogP contribution is -2.53. The van der Waals surface area contributed by atoms with Crippen molar-refractivity contribution in [3.63, 3.8) is 0 Å². The molecule has 8 nitrogen and oxygen atoms in total. The van der Waals surface area contributed by atoms with Crippen molar-refractivity contribution in [2.75, 3.05) is 36.8 Å². The maximum Gasteiger partial charge on any atom is 0.309 e. The monoisotopic (exact) mass is 452 g/mol. The van der Waals surface area contributed by atoms with E-state index in [9.17, 15) is 18.0 Å². The smallest absolute Gasteiger partial charge is 0.309 e. The number of carbonyl (C=O) groups excluding carboxylic acids is 2. The molecule has 0 aliphatic carbocycles. The third-order valence-corrected chi connectivity index (χ3v) is 6.94. The number of anilines is 1. The van der Waals surface area contributed by atoms with Crippen LogP contribution in [-0.4, -0.2) is 63.8 Å². The number of carbonyl (C=O) groups is 2. The molecule has 0 spiro atoms. The molecule has 172 valence electrons. The van der Waals surface area contributed by atoms with E-state index in [-0.39, 0.29) is 29.8 Å². The number of ether oxygens (including phenoxy) is 2. The van der Waals surface area contributed by atoms with Gasteiger partial charge in [-0.2, -0.15) is 0 Å². The van der Waals surface area contributed by atoms with Gasteiger partial charge in [0.2, 0.25) is 10.0 Å². The maximum absolute atomic E-state index is 13.1. The highest BCUT2D eigenvalue weighted by Crippen LogP contribution is 2.39. The van der Waals surface area contributed by atoms with E-state index in [0.717, 1.165) is 11.8 Å². The van der Waals surface area contributed by atoms with E-state index in [2.05, 4.69) is 20.8 Å². The molecule has 0 aromatic heterocycles. The van der Waals surface area contributed by atoms with Crippen LogP contribution in [0.15, 0.2) is 18.2 Å². The van der Waals surface area contributed by atoms with Crippen LogP contribution in [0.5, 0.6) is 5.75 Å². The van der Waals surface area contributed by atoms with E-state index in [1.165, 1.54) is 4.31 Å². The zero-order chi connectivity index (χ0) is 23.0. The van der Waals surface area contributed by atoms with Crippen LogP contribution in [0.25, 0.3) is 0 Å². The summed E-state index contributed by atoms with van der Waals surface area (Å²) in [6.07, 6.45) is 1.26. The van der Waals surface area contributed by atoms with Crippen LogP contribution in [0.2, 0.25) is 0 Å². The average molecular weight is 453 g/mol. The Labute approximate surface area is 184 Å². The Balaban J connectivity index is 1.79. The molecule has 2 aliphatic rings. The number of hydrogen-bond donors (Lipinski definition) is 0. The van der Waals surface area contributed by atoms with Crippen molar-refractivity contribution in [1.29, 1.82) is 0 Å². The molecule has 0 N–H and O–H groups in total. The van der Waals surface area contributed by atoms with Crippen LogP contribution < -0.4 is 9.04 Å². The number of likely N-dealkylation sites (tertiary alicyclic amines) is 1. The average Bonchev–Trinajstić information content (AvgIpc) is 2.71. The Hall–Kier alpha value is -2.29.